The molecular formula is C22H19NO4S. The molecule has 0 saturated heterocycles. The number of hydrogen-bond acceptors (Lipinski definition) is 5. The summed E-state index contributed by atoms with van der Waals surface area (Å²) in [5.74, 6) is 0.396. The highest BCUT2D eigenvalue weighted by atomic mass is 32.2. The second-order valence-electron chi connectivity index (χ2n) is 6.44. The van der Waals surface area contributed by atoms with Gasteiger partial charge in [-0.2, -0.15) is 0 Å². The molecule has 0 spiro atoms. The van der Waals surface area contributed by atoms with E-state index in [-0.39, 0.29) is 18.6 Å². The summed E-state index contributed by atoms with van der Waals surface area (Å²) in [7, 11) is 0. The lowest BCUT2D eigenvalue weighted by atomic mass is 10.1. The number of benzene rings is 2. The average Bonchev–Trinajstić information content (AvgIpc) is 3.17. The Balaban J connectivity index is 1.59. The Morgan fingerprint density at radius 2 is 1.86 bits per heavy atom. The lowest BCUT2D eigenvalue weighted by Crippen LogP contribution is -2.41. The minimum atomic E-state index is -0.560. The van der Waals surface area contributed by atoms with E-state index in [9.17, 15) is 9.59 Å². The molecule has 6 heteroatoms. The third-order valence-electron chi connectivity index (χ3n) is 4.69. The molecule has 0 N–H and O–H groups in total. The van der Waals surface area contributed by atoms with E-state index in [2.05, 4.69) is 0 Å². The number of carbonyl (C=O) groups is 2. The molecule has 28 heavy (non-hydrogen) atoms. The number of esters is 1. The standard InChI is InChI=1S/C22H19NO4S/c1-15-17(11-12-26-15)22(25)27-13-21(24)23-18-9-5-6-10-20(18)28-14-19(23)16-7-3-2-4-8-16/h2-12,19H,13-14H2,1H3. The van der Waals surface area contributed by atoms with Crippen LogP contribution >= 0.6 is 11.8 Å². The van der Waals surface area contributed by atoms with Crippen molar-refractivity contribution in [3.63, 3.8) is 0 Å². The number of thioether (sulfide) groups is 1. The molecule has 1 unspecified atom stereocenters. The van der Waals surface area contributed by atoms with Gasteiger partial charge >= 0.3 is 5.97 Å². The van der Waals surface area contributed by atoms with Crippen molar-refractivity contribution in [1.29, 1.82) is 0 Å². The fourth-order valence-electron chi connectivity index (χ4n) is 3.29. The molecule has 0 saturated carbocycles. The molecule has 5 nitrogen and oxygen atoms in total. The monoisotopic (exact) mass is 393 g/mol. The van der Waals surface area contributed by atoms with Crippen LogP contribution in [-0.2, 0) is 9.53 Å². The molecule has 4 rings (SSSR count). The van der Waals surface area contributed by atoms with E-state index in [1.807, 2.05) is 54.6 Å². The molecule has 0 aliphatic carbocycles. The molecule has 142 valence electrons. The number of fused-ring (bicyclic) bond motifs is 1. The molecule has 2 heterocycles. The highest BCUT2D eigenvalue weighted by Gasteiger charge is 2.33. The topological polar surface area (TPSA) is 59.8 Å². The summed E-state index contributed by atoms with van der Waals surface area (Å²) in [6.07, 6.45) is 1.43. The quantitative estimate of drug-likeness (QED) is 0.605. The lowest BCUT2D eigenvalue weighted by Gasteiger charge is -2.37. The molecule has 1 aliphatic heterocycles. The number of anilines is 1. The van der Waals surface area contributed by atoms with Crippen LogP contribution in [0, 0.1) is 6.92 Å². The van der Waals surface area contributed by atoms with Gasteiger partial charge in [-0.1, -0.05) is 42.5 Å². The number of carbonyl (C=O) groups excluding carboxylic acids is 2. The molecule has 3 aromatic rings. The van der Waals surface area contributed by atoms with Gasteiger partial charge in [-0.3, -0.25) is 9.69 Å². The zero-order chi connectivity index (χ0) is 19.5. The van der Waals surface area contributed by atoms with Crippen LogP contribution in [0.3, 0.4) is 0 Å². The molecule has 0 bridgehead atoms. The van der Waals surface area contributed by atoms with E-state index in [0.717, 1.165) is 21.9 Å². The predicted octanol–water partition coefficient (Wildman–Crippen LogP) is 4.63. The van der Waals surface area contributed by atoms with Crippen LogP contribution in [0.4, 0.5) is 5.69 Å². The first kappa shape index (κ1) is 18.4. The van der Waals surface area contributed by atoms with E-state index in [1.54, 1.807) is 29.7 Å². The first-order chi connectivity index (χ1) is 13.6. The largest absolute Gasteiger partial charge is 0.469 e. The maximum atomic E-state index is 13.1. The van der Waals surface area contributed by atoms with Gasteiger partial charge in [0.05, 0.1) is 18.0 Å². The van der Waals surface area contributed by atoms with Crippen molar-refractivity contribution in [2.24, 2.45) is 0 Å². The molecule has 0 fully saturated rings. The molecule has 1 atom stereocenters. The smallest absolute Gasteiger partial charge is 0.342 e. The normalized spacial score (nSPS) is 15.8. The van der Waals surface area contributed by atoms with E-state index in [1.165, 1.54) is 6.26 Å². The zero-order valence-electron chi connectivity index (χ0n) is 15.3. The Labute approximate surface area is 167 Å². The second-order valence-corrected chi connectivity index (χ2v) is 7.50. The van der Waals surface area contributed by atoms with Gasteiger partial charge in [0.2, 0.25) is 0 Å². The van der Waals surface area contributed by atoms with Gasteiger partial charge in [0.1, 0.15) is 11.3 Å². The van der Waals surface area contributed by atoms with Crippen molar-refractivity contribution >= 4 is 29.3 Å². The Morgan fingerprint density at radius 1 is 1.11 bits per heavy atom. The third kappa shape index (κ3) is 3.55. The van der Waals surface area contributed by atoms with Crippen LogP contribution in [0.5, 0.6) is 0 Å². The van der Waals surface area contributed by atoms with Crippen LogP contribution in [-0.4, -0.2) is 24.2 Å². The summed E-state index contributed by atoms with van der Waals surface area (Å²) in [5.41, 5.74) is 2.23. The van der Waals surface area contributed by atoms with Crippen molar-refractivity contribution in [2.45, 2.75) is 17.9 Å². The molecule has 2 aromatic carbocycles. The fraction of sp³-hybridized carbons (Fsp3) is 0.182. The van der Waals surface area contributed by atoms with Crippen LogP contribution in [0.25, 0.3) is 0 Å². The number of para-hydroxylation sites is 1. The number of nitrogens with zero attached hydrogens (tertiary/aromatic N) is 1. The maximum Gasteiger partial charge on any atom is 0.342 e. The van der Waals surface area contributed by atoms with Crippen molar-refractivity contribution in [3.8, 4) is 0 Å². The highest BCUT2D eigenvalue weighted by molar-refractivity contribution is 7.99. The van der Waals surface area contributed by atoms with Gasteiger partial charge in [0, 0.05) is 10.6 Å². The van der Waals surface area contributed by atoms with Crippen molar-refractivity contribution in [2.75, 3.05) is 17.3 Å². The fourth-order valence-corrected chi connectivity index (χ4v) is 4.46. The van der Waals surface area contributed by atoms with Crippen LogP contribution in [0.1, 0.15) is 27.7 Å². The number of hydrogen-bond donors (Lipinski definition) is 0. The van der Waals surface area contributed by atoms with Gasteiger partial charge in [-0.05, 0) is 30.7 Å². The van der Waals surface area contributed by atoms with Gasteiger partial charge in [-0.15, -0.1) is 11.8 Å². The predicted molar refractivity (Wildman–Crippen MR) is 108 cm³/mol. The minimum absolute atomic E-state index is 0.122. The third-order valence-corrected chi connectivity index (χ3v) is 5.83. The van der Waals surface area contributed by atoms with E-state index in [0.29, 0.717) is 11.3 Å². The van der Waals surface area contributed by atoms with Gasteiger partial charge in [-0.25, -0.2) is 4.79 Å². The zero-order valence-corrected chi connectivity index (χ0v) is 16.1. The van der Waals surface area contributed by atoms with Crippen LogP contribution in [0.2, 0.25) is 0 Å². The summed E-state index contributed by atoms with van der Waals surface area (Å²) < 4.78 is 10.4. The molecule has 1 aliphatic rings. The van der Waals surface area contributed by atoms with Gasteiger partial charge in [0.25, 0.3) is 5.91 Å². The van der Waals surface area contributed by atoms with E-state index in [4.69, 9.17) is 9.15 Å². The second kappa shape index (κ2) is 7.94. The average molecular weight is 393 g/mol. The number of amides is 1. The molecule has 1 amide bonds. The number of furan rings is 1. The summed E-state index contributed by atoms with van der Waals surface area (Å²) in [5, 5.41) is 0. The Morgan fingerprint density at radius 3 is 2.61 bits per heavy atom. The first-order valence-electron chi connectivity index (χ1n) is 8.95. The minimum Gasteiger partial charge on any atom is -0.469 e. The van der Waals surface area contributed by atoms with E-state index >= 15 is 0 Å². The maximum absolute atomic E-state index is 13.1. The first-order valence-corrected chi connectivity index (χ1v) is 9.94. The summed E-state index contributed by atoms with van der Waals surface area (Å²) in [6.45, 7) is 1.35. The van der Waals surface area contributed by atoms with Crippen molar-refractivity contribution in [3.05, 3.63) is 83.8 Å². The van der Waals surface area contributed by atoms with Gasteiger partial charge in [0.15, 0.2) is 6.61 Å². The SMILES string of the molecule is Cc1occc1C(=O)OCC(=O)N1c2ccccc2SCC1c1ccccc1. The summed E-state index contributed by atoms with van der Waals surface area (Å²) >= 11 is 1.72. The van der Waals surface area contributed by atoms with Crippen molar-refractivity contribution in [1.82, 2.24) is 0 Å². The number of ether oxygens (including phenoxy) is 1. The highest BCUT2D eigenvalue weighted by Crippen LogP contribution is 2.43. The Bertz CT molecular complexity index is 999. The van der Waals surface area contributed by atoms with Gasteiger partial charge < -0.3 is 9.15 Å². The van der Waals surface area contributed by atoms with Crippen molar-refractivity contribution < 1.29 is 18.7 Å². The number of aryl methyl sites for hydroxylation is 1. The Hall–Kier alpha value is -2.99. The Kier molecular flexibility index (Phi) is 5.21. The molecule has 0 radical (unpaired) electrons. The summed E-state index contributed by atoms with van der Waals surface area (Å²) in [6, 6.07) is 19.1. The summed E-state index contributed by atoms with van der Waals surface area (Å²) in [4.78, 5) is 28.2. The van der Waals surface area contributed by atoms with E-state index < -0.39 is 5.97 Å². The lowest BCUT2D eigenvalue weighted by molar-refractivity contribution is -0.122. The molecular weight excluding hydrogens is 374 g/mol. The van der Waals surface area contributed by atoms with Crippen LogP contribution in [0.15, 0.2) is 76.2 Å². The molecule has 1 aromatic heterocycles. The van der Waals surface area contributed by atoms with Crippen LogP contribution < -0.4 is 4.90 Å². The number of rotatable bonds is 4.